The summed E-state index contributed by atoms with van der Waals surface area (Å²) in [6.07, 6.45) is 3.85. The Hall–Kier alpha value is -2.83. The zero-order valence-electron chi connectivity index (χ0n) is 17.0. The van der Waals surface area contributed by atoms with Crippen LogP contribution in [0.1, 0.15) is 22.6 Å². The first-order valence-electron chi connectivity index (χ1n) is 9.91. The highest BCUT2D eigenvalue weighted by Crippen LogP contribution is 2.28. The van der Waals surface area contributed by atoms with Crippen molar-refractivity contribution >= 4 is 18.3 Å². The number of aryl methyl sites for hydroxylation is 1. The molecule has 0 saturated carbocycles. The Morgan fingerprint density at radius 3 is 2.60 bits per heavy atom. The van der Waals surface area contributed by atoms with Gasteiger partial charge in [-0.15, -0.1) is 12.4 Å². The number of ether oxygens (including phenoxy) is 1. The Balaban J connectivity index is 0.00000256. The van der Waals surface area contributed by atoms with Crippen molar-refractivity contribution in [3.63, 3.8) is 0 Å². The number of hydrogen-bond donors (Lipinski definition) is 2. The van der Waals surface area contributed by atoms with Gasteiger partial charge in [0.1, 0.15) is 12.4 Å². The number of halogens is 1. The van der Waals surface area contributed by atoms with Gasteiger partial charge in [0.2, 0.25) is 5.91 Å². The van der Waals surface area contributed by atoms with Crippen LogP contribution in [-0.4, -0.2) is 28.8 Å². The zero-order valence-corrected chi connectivity index (χ0v) is 17.8. The maximum atomic E-state index is 12.7. The predicted octanol–water partition coefficient (Wildman–Crippen LogP) is 3.04. The van der Waals surface area contributed by atoms with Crippen molar-refractivity contribution in [2.75, 3.05) is 13.1 Å². The molecule has 1 aromatic heterocycles. The summed E-state index contributed by atoms with van der Waals surface area (Å²) < 4.78 is 7.60. The van der Waals surface area contributed by atoms with E-state index in [-0.39, 0.29) is 30.2 Å². The number of nitrogens with one attached hydrogen (secondary N) is 2. The van der Waals surface area contributed by atoms with Crippen LogP contribution in [0.2, 0.25) is 0 Å². The zero-order chi connectivity index (χ0) is 20.1. The lowest BCUT2D eigenvalue weighted by atomic mass is 9.90. The molecule has 1 saturated heterocycles. The van der Waals surface area contributed by atoms with Gasteiger partial charge in [0, 0.05) is 38.8 Å². The van der Waals surface area contributed by atoms with Crippen molar-refractivity contribution in [3.8, 4) is 5.75 Å². The SMILES string of the molecule is Cl.Cn1cc([C@H]2CNC[C@@H]2C(=O)NCc2ccc(OCc3ccccc3)cc2)cn1. The van der Waals surface area contributed by atoms with Crippen LogP contribution in [0.5, 0.6) is 5.75 Å². The monoisotopic (exact) mass is 426 g/mol. The van der Waals surface area contributed by atoms with E-state index >= 15 is 0 Å². The third-order valence-electron chi connectivity index (χ3n) is 5.34. The second kappa shape index (κ2) is 10.3. The molecule has 4 rings (SSSR count). The van der Waals surface area contributed by atoms with Crippen LogP contribution in [0.15, 0.2) is 67.0 Å². The van der Waals surface area contributed by atoms with Crippen molar-refractivity contribution in [1.82, 2.24) is 20.4 Å². The largest absolute Gasteiger partial charge is 0.489 e. The molecular weight excluding hydrogens is 400 g/mol. The van der Waals surface area contributed by atoms with Crippen molar-refractivity contribution in [2.45, 2.75) is 19.1 Å². The molecule has 2 N–H and O–H groups in total. The molecule has 0 radical (unpaired) electrons. The van der Waals surface area contributed by atoms with E-state index in [4.69, 9.17) is 4.74 Å². The highest BCUT2D eigenvalue weighted by molar-refractivity contribution is 5.85. The van der Waals surface area contributed by atoms with Crippen LogP contribution in [0.3, 0.4) is 0 Å². The number of aromatic nitrogens is 2. The molecule has 1 aliphatic rings. The predicted molar refractivity (Wildman–Crippen MR) is 119 cm³/mol. The summed E-state index contributed by atoms with van der Waals surface area (Å²) in [6, 6.07) is 18.0. The minimum absolute atomic E-state index is 0. The molecule has 2 heterocycles. The quantitative estimate of drug-likeness (QED) is 0.609. The summed E-state index contributed by atoms with van der Waals surface area (Å²) in [5, 5.41) is 10.6. The third kappa shape index (κ3) is 5.40. The lowest BCUT2D eigenvalue weighted by Gasteiger charge is -2.17. The minimum Gasteiger partial charge on any atom is -0.489 e. The van der Waals surface area contributed by atoms with Gasteiger partial charge in [-0.1, -0.05) is 42.5 Å². The summed E-state index contributed by atoms with van der Waals surface area (Å²) >= 11 is 0. The lowest BCUT2D eigenvalue weighted by Crippen LogP contribution is -2.33. The van der Waals surface area contributed by atoms with Crippen LogP contribution >= 0.6 is 12.4 Å². The van der Waals surface area contributed by atoms with Crippen LogP contribution < -0.4 is 15.4 Å². The van der Waals surface area contributed by atoms with Crippen LogP contribution in [0, 0.1) is 5.92 Å². The molecule has 158 valence electrons. The summed E-state index contributed by atoms with van der Waals surface area (Å²) in [4.78, 5) is 12.7. The van der Waals surface area contributed by atoms with Crippen LogP contribution in [-0.2, 0) is 25.0 Å². The third-order valence-corrected chi connectivity index (χ3v) is 5.34. The molecule has 1 aliphatic heterocycles. The van der Waals surface area contributed by atoms with E-state index < -0.39 is 0 Å². The highest BCUT2D eigenvalue weighted by atomic mass is 35.5. The number of rotatable bonds is 7. The van der Waals surface area contributed by atoms with E-state index in [0.717, 1.165) is 29.0 Å². The number of amides is 1. The van der Waals surface area contributed by atoms with Gasteiger partial charge in [0.25, 0.3) is 0 Å². The molecule has 1 fully saturated rings. The summed E-state index contributed by atoms with van der Waals surface area (Å²) in [5.74, 6) is 0.985. The van der Waals surface area contributed by atoms with E-state index in [9.17, 15) is 4.79 Å². The maximum absolute atomic E-state index is 12.7. The molecule has 0 unspecified atom stereocenters. The fourth-order valence-electron chi connectivity index (χ4n) is 3.70. The smallest absolute Gasteiger partial charge is 0.225 e. The number of nitrogens with zero attached hydrogens (tertiary/aromatic N) is 2. The standard InChI is InChI=1S/C23H26N4O2.ClH/c1-27-15-19(12-26-27)21-13-24-14-22(21)23(28)25-11-17-7-9-20(10-8-17)29-16-18-5-3-2-4-6-18;/h2-10,12,15,21-22,24H,11,13-14,16H2,1H3,(H,25,28);1H/t21-,22+;/m1./s1. The fourth-order valence-corrected chi connectivity index (χ4v) is 3.70. The molecule has 7 heteroatoms. The molecule has 2 atom stereocenters. The number of hydrogen-bond acceptors (Lipinski definition) is 4. The van der Waals surface area contributed by atoms with E-state index in [1.165, 1.54) is 0 Å². The number of carbonyl (C=O) groups is 1. The summed E-state index contributed by atoms with van der Waals surface area (Å²) in [5.41, 5.74) is 3.30. The minimum atomic E-state index is -0.0762. The second-order valence-electron chi connectivity index (χ2n) is 7.45. The summed E-state index contributed by atoms with van der Waals surface area (Å²) in [7, 11) is 1.90. The molecule has 6 nitrogen and oxygen atoms in total. The number of carbonyl (C=O) groups excluding carboxylic acids is 1. The van der Waals surface area contributed by atoms with Crippen LogP contribution in [0.4, 0.5) is 0 Å². The average Bonchev–Trinajstić information content (AvgIpc) is 3.41. The van der Waals surface area contributed by atoms with Gasteiger partial charge in [0.05, 0.1) is 12.1 Å². The first-order valence-corrected chi connectivity index (χ1v) is 9.91. The molecular formula is C23H27ClN4O2. The highest BCUT2D eigenvalue weighted by Gasteiger charge is 2.34. The first kappa shape index (κ1) is 21.9. The molecule has 30 heavy (non-hydrogen) atoms. The van der Waals surface area contributed by atoms with E-state index in [2.05, 4.69) is 15.7 Å². The normalized spacial score (nSPS) is 17.9. The Labute approximate surface area is 183 Å². The fraction of sp³-hybridized carbons (Fsp3) is 0.304. The summed E-state index contributed by atoms with van der Waals surface area (Å²) in [6.45, 7) is 2.55. The molecule has 2 aromatic carbocycles. The van der Waals surface area contributed by atoms with Gasteiger partial charge >= 0.3 is 0 Å². The van der Waals surface area contributed by atoms with Gasteiger partial charge in [0.15, 0.2) is 0 Å². The average molecular weight is 427 g/mol. The first-order chi connectivity index (χ1) is 14.2. The van der Waals surface area contributed by atoms with Gasteiger partial charge in [-0.2, -0.15) is 5.10 Å². The Kier molecular flexibility index (Phi) is 7.49. The maximum Gasteiger partial charge on any atom is 0.225 e. The van der Waals surface area contributed by atoms with Gasteiger partial charge in [-0.05, 0) is 28.8 Å². The van der Waals surface area contributed by atoms with Crippen molar-refractivity contribution in [2.24, 2.45) is 13.0 Å². The van der Waals surface area contributed by atoms with E-state index in [0.29, 0.717) is 19.7 Å². The van der Waals surface area contributed by atoms with Crippen molar-refractivity contribution in [1.29, 1.82) is 0 Å². The van der Waals surface area contributed by atoms with Crippen LogP contribution in [0.25, 0.3) is 0 Å². The second-order valence-corrected chi connectivity index (χ2v) is 7.45. The van der Waals surface area contributed by atoms with Crippen molar-refractivity contribution in [3.05, 3.63) is 83.7 Å². The van der Waals surface area contributed by atoms with Gasteiger partial charge < -0.3 is 15.4 Å². The van der Waals surface area contributed by atoms with E-state index in [1.807, 2.05) is 74.0 Å². The molecule has 3 aromatic rings. The Morgan fingerprint density at radius 2 is 1.90 bits per heavy atom. The van der Waals surface area contributed by atoms with E-state index in [1.54, 1.807) is 4.68 Å². The molecule has 0 bridgehead atoms. The Bertz CT molecular complexity index is 943. The van der Waals surface area contributed by atoms with Gasteiger partial charge in [-0.3, -0.25) is 9.48 Å². The molecule has 0 aliphatic carbocycles. The molecule has 1 amide bonds. The molecule has 0 spiro atoms. The lowest BCUT2D eigenvalue weighted by molar-refractivity contribution is -0.125. The van der Waals surface area contributed by atoms with Gasteiger partial charge in [-0.25, -0.2) is 0 Å². The van der Waals surface area contributed by atoms with Crippen molar-refractivity contribution < 1.29 is 9.53 Å². The topological polar surface area (TPSA) is 68.2 Å². The Morgan fingerprint density at radius 1 is 1.13 bits per heavy atom. The number of benzene rings is 2.